The van der Waals surface area contributed by atoms with Crippen molar-refractivity contribution in [2.24, 2.45) is 0 Å². The van der Waals surface area contributed by atoms with Crippen LogP contribution < -0.4 is 0 Å². The van der Waals surface area contributed by atoms with E-state index in [1.165, 1.54) is 23.1 Å². The fraction of sp³-hybridized carbons (Fsp3) is 0.167. The Morgan fingerprint density at radius 2 is 2.26 bits per heavy atom. The molecule has 0 radical (unpaired) electrons. The lowest BCUT2D eigenvalue weighted by atomic mass is 10.2. The maximum atomic E-state index is 12.9. The molecule has 0 saturated carbocycles. The van der Waals surface area contributed by atoms with Crippen molar-refractivity contribution in [2.45, 2.75) is 0 Å². The minimum absolute atomic E-state index is 0.156. The van der Waals surface area contributed by atoms with Gasteiger partial charge in [-0.3, -0.25) is 9.69 Å². The van der Waals surface area contributed by atoms with Gasteiger partial charge in [-0.15, -0.1) is 0 Å². The van der Waals surface area contributed by atoms with Gasteiger partial charge in [0, 0.05) is 0 Å². The average Bonchev–Trinajstić information content (AvgIpc) is 2.61. The number of rotatable bonds is 3. The van der Waals surface area contributed by atoms with Crippen LogP contribution in [-0.4, -0.2) is 33.4 Å². The number of hydrogen-bond donors (Lipinski definition) is 1. The molecule has 0 aliphatic carbocycles. The lowest BCUT2D eigenvalue weighted by Gasteiger charge is -2.11. The minimum Gasteiger partial charge on any atom is -0.395 e. The van der Waals surface area contributed by atoms with Crippen molar-refractivity contribution < 1.29 is 14.3 Å². The van der Waals surface area contributed by atoms with Crippen LogP contribution in [0.3, 0.4) is 0 Å². The summed E-state index contributed by atoms with van der Waals surface area (Å²) in [7, 11) is 0. The zero-order valence-electron chi connectivity index (χ0n) is 9.60. The van der Waals surface area contributed by atoms with E-state index in [2.05, 4.69) is 0 Å². The molecule has 1 aliphatic rings. The minimum atomic E-state index is -0.435. The molecule has 0 spiro atoms. The van der Waals surface area contributed by atoms with Gasteiger partial charge in [0.1, 0.15) is 10.1 Å². The molecule has 1 aromatic carbocycles. The number of aliphatic hydroxyl groups is 1. The number of nitrogens with zero attached hydrogens (tertiary/aromatic N) is 1. The van der Waals surface area contributed by atoms with Gasteiger partial charge in [0.05, 0.1) is 23.1 Å². The second-order valence-corrected chi connectivity index (χ2v) is 5.81. The van der Waals surface area contributed by atoms with Gasteiger partial charge in [-0.2, -0.15) is 0 Å². The average molecular weight is 318 g/mol. The Morgan fingerprint density at radius 1 is 1.53 bits per heavy atom. The molecule has 0 unspecified atom stereocenters. The Balaban J connectivity index is 2.30. The number of carbonyl (C=O) groups is 1. The van der Waals surface area contributed by atoms with Crippen molar-refractivity contribution in [3.63, 3.8) is 0 Å². The SMILES string of the molecule is O=C1/C(=C\c2ccc(F)cc2Cl)SC(=S)N1CCO. The van der Waals surface area contributed by atoms with Crippen molar-refractivity contribution in [3.05, 3.63) is 39.5 Å². The maximum absolute atomic E-state index is 12.9. The van der Waals surface area contributed by atoms with Gasteiger partial charge in [-0.05, 0) is 23.8 Å². The summed E-state index contributed by atoms with van der Waals surface area (Å²) in [6.07, 6.45) is 1.57. The molecule has 1 aliphatic heterocycles. The van der Waals surface area contributed by atoms with E-state index in [1.54, 1.807) is 6.08 Å². The van der Waals surface area contributed by atoms with Crippen LogP contribution in [0.4, 0.5) is 4.39 Å². The van der Waals surface area contributed by atoms with Crippen LogP contribution in [-0.2, 0) is 4.79 Å². The smallest absolute Gasteiger partial charge is 0.266 e. The second kappa shape index (κ2) is 6.00. The van der Waals surface area contributed by atoms with Crippen molar-refractivity contribution in [1.29, 1.82) is 0 Å². The highest BCUT2D eigenvalue weighted by atomic mass is 35.5. The molecule has 1 amide bonds. The summed E-state index contributed by atoms with van der Waals surface area (Å²) < 4.78 is 13.3. The van der Waals surface area contributed by atoms with Crippen LogP contribution in [0, 0.1) is 5.82 Å². The summed E-state index contributed by atoms with van der Waals surface area (Å²) in [5, 5.41) is 9.10. The number of thioether (sulfide) groups is 1. The quantitative estimate of drug-likeness (QED) is 0.687. The Morgan fingerprint density at radius 3 is 2.89 bits per heavy atom. The van der Waals surface area contributed by atoms with Gasteiger partial charge < -0.3 is 5.11 Å². The Kier molecular flexibility index (Phi) is 4.57. The lowest BCUT2D eigenvalue weighted by Crippen LogP contribution is -2.30. The van der Waals surface area contributed by atoms with Crippen LogP contribution in [0.1, 0.15) is 5.56 Å². The van der Waals surface area contributed by atoms with E-state index in [1.807, 2.05) is 0 Å². The zero-order valence-corrected chi connectivity index (χ0v) is 12.0. The van der Waals surface area contributed by atoms with E-state index in [0.717, 1.165) is 11.8 Å². The van der Waals surface area contributed by atoms with Crippen LogP contribution in [0.25, 0.3) is 6.08 Å². The normalized spacial score (nSPS) is 17.6. The molecule has 0 atom stereocenters. The molecule has 1 aromatic rings. The topological polar surface area (TPSA) is 40.5 Å². The molecule has 1 fully saturated rings. The van der Waals surface area contributed by atoms with E-state index in [-0.39, 0.29) is 24.1 Å². The molecule has 0 aromatic heterocycles. The molecule has 0 bridgehead atoms. The van der Waals surface area contributed by atoms with E-state index < -0.39 is 5.82 Å². The molecule has 19 heavy (non-hydrogen) atoms. The highest BCUT2D eigenvalue weighted by Gasteiger charge is 2.31. The summed E-state index contributed by atoms with van der Waals surface area (Å²) >= 11 is 12.1. The van der Waals surface area contributed by atoms with Gasteiger partial charge in [0.25, 0.3) is 5.91 Å². The number of β-amino-alcohol motifs (C(OH)–C–C–N with tert-alkyl or cyclic N) is 1. The molecule has 7 heteroatoms. The van der Waals surface area contributed by atoms with Gasteiger partial charge in [-0.25, -0.2) is 4.39 Å². The van der Waals surface area contributed by atoms with E-state index in [0.29, 0.717) is 14.8 Å². The third kappa shape index (κ3) is 3.14. The predicted octanol–water partition coefficient (Wildman–Crippen LogP) is 2.67. The molecule has 1 N–H and O–H groups in total. The van der Waals surface area contributed by atoms with Crippen molar-refractivity contribution in [3.8, 4) is 0 Å². The summed E-state index contributed by atoms with van der Waals surface area (Å²) in [4.78, 5) is 13.7. The first-order chi connectivity index (χ1) is 9.02. The number of halogens is 2. The third-order valence-electron chi connectivity index (χ3n) is 2.45. The second-order valence-electron chi connectivity index (χ2n) is 3.72. The summed E-state index contributed by atoms with van der Waals surface area (Å²) in [5.41, 5.74) is 0.549. The van der Waals surface area contributed by atoms with Crippen LogP contribution in [0.15, 0.2) is 23.1 Å². The fourth-order valence-corrected chi connectivity index (χ4v) is 3.07. The first-order valence-corrected chi connectivity index (χ1v) is 6.94. The highest BCUT2D eigenvalue weighted by Crippen LogP contribution is 2.33. The number of hydrogen-bond acceptors (Lipinski definition) is 4. The molecule has 2 rings (SSSR count). The largest absolute Gasteiger partial charge is 0.395 e. The van der Waals surface area contributed by atoms with Gasteiger partial charge in [-0.1, -0.05) is 41.6 Å². The zero-order chi connectivity index (χ0) is 14.0. The summed E-state index contributed by atoms with van der Waals surface area (Å²) in [5.74, 6) is -0.709. The van der Waals surface area contributed by atoms with Crippen LogP contribution in [0.2, 0.25) is 5.02 Å². The summed E-state index contributed by atoms with van der Waals surface area (Å²) in [6.45, 7) is 0.0101. The molecular weight excluding hydrogens is 309 g/mol. The highest BCUT2D eigenvalue weighted by molar-refractivity contribution is 8.26. The van der Waals surface area contributed by atoms with Crippen LogP contribution >= 0.6 is 35.6 Å². The Labute approximate surface area is 124 Å². The molecule has 100 valence electrons. The molecule has 3 nitrogen and oxygen atoms in total. The molecular formula is C12H9ClFNO2S2. The van der Waals surface area contributed by atoms with Crippen molar-refractivity contribution in [1.82, 2.24) is 4.90 Å². The molecule has 1 heterocycles. The summed E-state index contributed by atoms with van der Waals surface area (Å²) in [6, 6.07) is 3.95. The van der Waals surface area contributed by atoms with Crippen molar-refractivity contribution >= 4 is 51.9 Å². The van der Waals surface area contributed by atoms with E-state index >= 15 is 0 Å². The number of amides is 1. The van der Waals surface area contributed by atoms with E-state index in [9.17, 15) is 9.18 Å². The third-order valence-corrected chi connectivity index (χ3v) is 4.15. The van der Waals surface area contributed by atoms with Gasteiger partial charge in [0.15, 0.2) is 0 Å². The van der Waals surface area contributed by atoms with Gasteiger partial charge in [0.2, 0.25) is 0 Å². The molecule has 1 saturated heterocycles. The monoisotopic (exact) mass is 317 g/mol. The maximum Gasteiger partial charge on any atom is 0.266 e. The lowest BCUT2D eigenvalue weighted by molar-refractivity contribution is -0.122. The fourth-order valence-electron chi connectivity index (χ4n) is 1.55. The van der Waals surface area contributed by atoms with E-state index in [4.69, 9.17) is 28.9 Å². The standard InChI is InChI=1S/C12H9ClFNO2S2/c13-9-6-8(14)2-1-7(9)5-10-11(17)15(3-4-16)12(18)19-10/h1-2,5-6,16H,3-4H2/b10-5+. The Bertz CT molecular complexity index is 577. The first-order valence-electron chi connectivity index (χ1n) is 5.34. The predicted molar refractivity (Wildman–Crippen MR) is 78.4 cm³/mol. The first kappa shape index (κ1) is 14.5. The van der Waals surface area contributed by atoms with Gasteiger partial charge >= 0.3 is 0 Å². The Hall–Kier alpha value is -0.950. The number of thiocarbonyl (C=S) groups is 1. The van der Waals surface area contributed by atoms with Crippen molar-refractivity contribution in [2.75, 3.05) is 13.2 Å². The van der Waals surface area contributed by atoms with Crippen LogP contribution in [0.5, 0.6) is 0 Å². The number of benzene rings is 1. The number of carbonyl (C=O) groups excluding carboxylic acids is 1. The number of aliphatic hydroxyl groups excluding tert-OH is 1.